The lowest BCUT2D eigenvalue weighted by atomic mass is 10.1. The third-order valence-corrected chi connectivity index (χ3v) is 2.96. The van der Waals surface area contributed by atoms with Crippen molar-refractivity contribution in [3.05, 3.63) is 29.3 Å². The minimum Gasteiger partial charge on any atom is -0.480 e. The normalized spacial score (nSPS) is 19.2. The van der Waals surface area contributed by atoms with Crippen molar-refractivity contribution in [3.8, 4) is 11.8 Å². The number of amides is 1. The van der Waals surface area contributed by atoms with Gasteiger partial charge in [-0.05, 0) is 24.6 Å². The van der Waals surface area contributed by atoms with E-state index < -0.39 is 6.10 Å². The predicted molar refractivity (Wildman–Crippen MR) is 62.6 cm³/mol. The largest absolute Gasteiger partial charge is 0.480 e. The Balaban J connectivity index is 2.19. The van der Waals surface area contributed by atoms with Crippen LogP contribution in [0.5, 0.6) is 5.75 Å². The predicted octanol–water partition coefficient (Wildman–Crippen LogP) is 1.48. The van der Waals surface area contributed by atoms with Crippen molar-refractivity contribution in [2.45, 2.75) is 19.4 Å². The third-order valence-electron chi connectivity index (χ3n) is 2.96. The summed E-state index contributed by atoms with van der Waals surface area (Å²) in [5.74, 6) is 0.629. The van der Waals surface area contributed by atoms with E-state index in [-0.39, 0.29) is 5.91 Å². The number of carbonyl (C=O) groups excluding carboxylic acids is 1. The zero-order chi connectivity index (χ0) is 12.4. The summed E-state index contributed by atoms with van der Waals surface area (Å²) in [6.45, 7) is 2.63. The molecule has 1 aromatic carbocycles. The Morgan fingerprint density at radius 2 is 2.29 bits per heavy atom. The summed E-state index contributed by atoms with van der Waals surface area (Å²) in [7, 11) is 1.77. The summed E-state index contributed by atoms with van der Waals surface area (Å²) >= 11 is 0. The van der Waals surface area contributed by atoms with Crippen LogP contribution in [0, 0.1) is 18.3 Å². The van der Waals surface area contributed by atoms with Crippen molar-refractivity contribution in [1.82, 2.24) is 4.90 Å². The summed E-state index contributed by atoms with van der Waals surface area (Å²) in [5.41, 5.74) is 1.48. The summed E-state index contributed by atoms with van der Waals surface area (Å²) in [4.78, 5) is 13.4. The van der Waals surface area contributed by atoms with Gasteiger partial charge in [0, 0.05) is 20.0 Å². The number of likely N-dealkylation sites (tertiary alicyclic amines) is 1. The average molecular weight is 230 g/mol. The van der Waals surface area contributed by atoms with Crippen LogP contribution in [0.3, 0.4) is 0 Å². The first-order chi connectivity index (χ1) is 8.11. The SMILES string of the molecule is Cc1ccc(C#N)cc1OC1CCN(C)C1=O. The summed E-state index contributed by atoms with van der Waals surface area (Å²) < 4.78 is 5.69. The van der Waals surface area contributed by atoms with Crippen molar-refractivity contribution >= 4 is 5.91 Å². The molecular formula is C13H14N2O2. The number of hydrogen-bond donors (Lipinski definition) is 0. The van der Waals surface area contributed by atoms with Crippen molar-refractivity contribution in [2.75, 3.05) is 13.6 Å². The minimum atomic E-state index is -0.410. The molecule has 1 aliphatic rings. The first-order valence-corrected chi connectivity index (χ1v) is 5.54. The second kappa shape index (κ2) is 4.46. The van der Waals surface area contributed by atoms with Crippen LogP contribution in [0.15, 0.2) is 18.2 Å². The smallest absolute Gasteiger partial charge is 0.263 e. The van der Waals surface area contributed by atoms with Crippen molar-refractivity contribution < 1.29 is 9.53 Å². The van der Waals surface area contributed by atoms with E-state index >= 15 is 0 Å². The molecule has 0 aliphatic carbocycles. The number of ether oxygens (including phenoxy) is 1. The number of likely N-dealkylation sites (N-methyl/N-ethyl adjacent to an activating group) is 1. The number of benzene rings is 1. The Hall–Kier alpha value is -2.02. The monoisotopic (exact) mass is 230 g/mol. The summed E-state index contributed by atoms with van der Waals surface area (Å²) in [5, 5.41) is 8.83. The maximum atomic E-state index is 11.7. The lowest BCUT2D eigenvalue weighted by molar-refractivity contribution is -0.132. The molecular weight excluding hydrogens is 216 g/mol. The molecule has 0 saturated carbocycles. The molecule has 4 heteroatoms. The van der Waals surface area contributed by atoms with Gasteiger partial charge in [-0.3, -0.25) is 4.79 Å². The van der Waals surface area contributed by atoms with E-state index in [0.29, 0.717) is 17.7 Å². The molecule has 17 heavy (non-hydrogen) atoms. The number of carbonyl (C=O) groups is 1. The van der Waals surface area contributed by atoms with E-state index in [1.165, 1.54) is 0 Å². The summed E-state index contributed by atoms with van der Waals surface area (Å²) in [6, 6.07) is 7.32. The number of hydrogen-bond acceptors (Lipinski definition) is 3. The first kappa shape index (κ1) is 11.5. The number of nitriles is 1. The van der Waals surface area contributed by atoms with Gasteiger partial charge in [-0.2, -0.15) is 5.26 Å². The van der Waals surface area contributed by atoms with Gasteiger partial charge in [0.2, 0.25) is 0 Å². The standard InChI is InChI=1S/C13H14N2O2/c1-9-3-4-10(8-14)7-12(9)17-11-5-6-15(2)13(11)16/h3-4,7,11H,5-6H2,1-2H3. The van der Waals surface area contributed by atoms with Crippen LogP contribution in [0.1, 0.15) is 17.5 Å². The highest BCUT2D eigenvalue weighted by atomic mass is 16.5. The molecule has 0 bridgehead atoms. The second-order valence-electron chi connectivity index (χ2n) is 4.25. The maximum Gasteiger partial charge on any atom is 0.263 e. The lowest BCUT2D eigenvalue weighted by Gasteiger charge is -2.14. The highest BCUT2D eigenvalue weighted by Crippen LogP contribution is 2.23. The molecule has 1 unspecified atom stereocenters. The van der Waals surface area contributed by atoms with Gasteiger partial charge in [-0.1, -0.05) is 6.07 Å². The molecule has 0 radical (unpaired) electrons. The van der Waals surface area contributed by atoms with E-state index in [1.54, 1.807) is 24.1 Å². The molecule has 88 valence electrons. The van der Waals surface area contributed by atoms with E-state index in [1.807, 2.05) is 13.0 Å². The van der Waals surface area contributed by atoms with E-state index in [0.717, 1.165) is 12.1 Å². The molecule has 0 N–H and O–H groups in total. The molecule has 2 rings (SSSR count). The Morgan fingerprint density at radius 3 is 2.88 bits per heavy atom. The van der Waals surface area contributed by atoms with Crippen molar-refractivity contribution in [1.29, 1.82) is 5.26 Å². The van der Waals surface area contributed by atoms with Gasteiger partial charge in [0.05, 0.1) is 11.6 Å². The van der Waals surface area contributed by atoms with Crippen molar-refractivity contribution in [3.63, 3.8) is 0 Å². The highest BCUT2D eigenvalue weighted by Gasteiger charge is 2.31. The van der Waals surface area contributed by atoms with Crippen LogP contribution in [0.25, 0.3) is 0 Å². The Labute approximate surface area is 100 Å². The fourth-order valence-electron chi connectivity index (χ4n) is 1.85. The van der Waals surface area contributed by atoms with Gasteiger partial charge >= 0.3 is 0 Å². The number of rotatable bonds is 2. The molecule has 4 nitrogen and oxygen atoms in total. The van der Waals surface area contributed by atoms with Crippen LogP contribution in [-0.2, 0) is 4.79 Å². The number of nitrogens with zero attached hydrogens (tertiary/aromatic N) is 2. The zero-order valence-corrected chi connectivity index (χ0v) is 9.93. The van der Waals surface area contributed by atoms with Gasteiger partial charge in [0.15, 0.2) is 6.10 Å². The van der Waals surface area contributed by atoms with Crippen LogP contribution in [-0.4, -0.2) is 30.5 Å². The average Bonchev–Trinajstić information content (AvgIpc) is 2.64. The lowest BCUT2D eigenvalue weighted by Crippen LogP contribution is -2.29. The summed E-state index contributed by atoms with van der Waals surface area (Å²) in [6.07, 6.45) is 0.290. The van der Waals surface area contributed by atoms with E-state index in [2.05, 4.69) is 6.07 Å². The molecule has 1 heterocycles. The molecule has 1 atom stereocenters. The van der Waals surface area contributed by atoms with Gasteiger partial charge in [-0.15, -0.1) is 0 Å². The van der Waals surface area contributed by atoms with Crippen molar-refractivity contribution in [2.24, 2.45) is 0 Å². The molecule has 0 aromatic heterocycles. The fourth-order valence-corrected chi connectivity index (χ4v) is 1.85. The van der Waals surface area contributed by atoms with E-state index in [4.69, 9.17) is 10.00 Å². The van der Waals surface area contributed by atoms with Gasteiger partial charge in [0.25, 0.3) is 5.91 Å². The third kappa shape index (κ3) is 2.23. The molecule has 1 aromatic rings. The quantitative estimate of drug-likeness (QED) is 0.773. The minimum absolute atomic E-state index is 0.00626. The molecule has 1 amide bonds. The molecule has 0 spiro atoms. The Kier molecular flexibility index (Phi) is 3.01. The topological polar surface area (TPSA) is 53.3 Å². The van der Waals surface area contributed by atoms with Gasteiger partial charge < -0.3 is 9.64 Å². The van der Waals surface area contributed by atoms with Gasteiger partial charge in [0.1, 0.15) is 5.75 Å². The maximum absolute atomic E-state index is 11.7. The Morgan fingerprint density at radius 1 is 1.53 bits per heavy atom. The zero-order valence-electron chi connectivity index (χ0n) is 9.93. The van der Waals surface area contributed by atoms with Crippen LogP contribution in [0.4, 0.5) is 0 Å². The Bertz CT molecular complexity index is 491. The molecule has 1 saturated heterocycles. The van der Waals surface area contributed by atoms with E-state index in [9.17, 15) is 4.79 Å². The number of aryl methyl sites for hydroxylation is 1. The highest BCUT2D eigenvalue weighted by molar-refractivity contribution is 5.83. The van der Waals surface area contributed by atoms with Gasteiger partial charge in [-0.25, -0.2) is 0 Å². The van der Waals surface area contributed by atoms with Crippen LogP contribution >= 0.6 is 0 Å². The molecule has 1 aliphatic heterocycles. The van der Waals surface area contributed by atoms with Crippen LogP contribution < -0.4 is 4.74 Å². The fraction of sp³-hybridized carbons (Fsp3) is 0.385. The first-order valence-electron chi connectivity index (χ1n) is 5.54. The second-order valence-corrected chi connectivity index (χ2v) is 4.25. The molecule has 1 fully saturated rings. The van der Waals surface area contributed by atoms with Crippen LogP contribution in [0.2, 0.25) is 0 Å².